The molecule has 1 aromatic carbocycles. The molecule has 0 N–H and O–H groups in total. The number of hydrogen-bond donors (Lipinski definition) is 0. The Balaban J connectivity index is 1.80. The van der Waals surface area contributed by atoms with E-state index in [1.54, 1.807) is 4.90 Å². The first-order valence-corrected chi connectivity index (χ1v) is 8.52. The first-order valence-electron chi connectivity index (χ1n) is 8.14. The summed E-state index contributed by atoms with van der Waals surface area (Å²) in [6.07, 6.45) is 2.74. The Hall–Kier alpha value is -2.14. The summed E-state index contributed by atoms with van der Waals surface area (Å²) in [4.78, 5) is 23.2. The zero-order chi connectivity index (χ0) is 16.7. The molecule has 2 heterocycles. The average molecular weight is 344 g/mol. The maximum Gasteiger partial charge on any atom is 0.409 e. The van der Waals surface area contributed by atoms with E-state index >= 15 is 0 Å². The van der Waals surface area contributed by atoms with Gasteiger partial charge in [0.15, 0.2) is 0 Å². The molecule has 0 radical (unpaired) electrons. The number of ether oxygens (including phenoxy) is 1. The quantitative estimate of drug-likeness (QED) is 0.832. The van der Waals surface area contributed by atoms with E-state index in [-0.39, 0.29) is 6.09 Å². The maximum atomic E-state index is 11.9. The van der Waals surface area contributed by atoms with Crippen molar-refractivity contribution < 1.29 is 9.53 Å². The Morgan fingerprint density at radius 1 is 1.25 bits per heavy atom. The lowest BCUT2D eigenvalue weighted by molar-refractivity contribution is 0.118. The fourth-order valence-electron chi connectivity index (χ4n) is 3.09. The molecule has 0 atom stereocenters. The van der Waals surface area contributed by atoms with Crippen LogP contribution in [0.5, 0.6) is 0 Å². The second-order valence-electron chi connectivity index (χ2n) is 6.28. The maximum absolute atomic E-state index is 11.9. The number of aromatic nitrogens is 2. The highest BCUT2D eigenvalue weighted by molar-refractivity contribution is 6.30. The van der Waals surface area contributed by atoms with Gasteiger partial charge in [0.25, 0.3) is 0 Å². The second-order valence-corrected chi connectivity index (χ2v) is 6.71. The van der Waals surface area contributed by atoms with Crippen molar-refractivity contribution in [2.45, 2.75) is 31.7 Å². The number of nitrogens with zero attached hydrogens (tertiary/aromatic N) is 3. The third kappa shape index (κ3) is 2.84. The summed E-state index contributed by atoms with van der Waals surface area (Å²) in [7, 11) is 1.41. The van der Waals surface area contributed by atoms with Crippen molar-refractivity contribution in [3.63, 3.8) is 0 Å². The minimum Gasteiger partial charge on any atom is -0.453 e. The molecule has 2 aliphatic rings. The van der Waals surface area contributed by atoms with Gasteiger partial charge < -0.3 is 9.64 Å². The van der Waals surface area contributed by atoms with E-state index in [4.69, 9.17) is 26.3 Å². The fourth-order valence-corrected chi connectivity index (χ4v) is 3.21. The molecule has 24 heavy (non-hydrogen) atoms. The van der Waals surface area contributed by atoms with Crippen molar-refractivity contribution in [3.05, 3.63) is 46.4 Å². The molecule has 1 aromatic heterocycles. The average Bonchev–Trinajstić information content (AvgIpc) is 3.45. The summed E-state index contributed by atoms with van der Waals surface area (Å²) in [5.74, 6) is 1.42. The van der Waals surface area contributed by atoms with Gasteiger partial charge in [-0.25, -0.2) is 14.8 Å². The summed E-state index contributed by atoms with van der Waals surface area (Å²) in [5.41, 5.74) is 3.98. The highest BCUT2D eigenvalue weighted by Crippen LogP contribution is 2.40. The molecule has 1 saturated carbocycles. The van der Waals surface area contributed by atoms with Gasteiger partial charge in [-0.05, 0) is 25.0 Å². The molecule has 0 bridgehead atoms. The Morgan fingerprint density at radius 2 is 2.00 bits per heavy atom. The SMILES string of the molecule is COC(=O)N1CCc2nc(C3CC3)nc(-c3ccc(Cl)cc3)c2C1. The van der Waals surface area contributed by atoms with E-state index in [9.17, 15) is 4.79 Å². The summed E-state index contributed by atoms with van der Waals surface area (Å²) in [6, 6.07) is 7.67. The molecular weight excluding hydrogens is 326 g/mol. The van der Waals surface area contributed by atoms with Gasteiger partial charge in [-0.2, -0.15) is 0 Å². The van der Waals surface area contributed by atoms with Crippen molar-refractivity contribution >= 4 is 17.7 Å². The first-order chi connectivity index (χ1) is 11.7. The minimum atomic E-state index is -0.311. The van der Waals surface area contributed by atoms with Gasteiger partial charge in [-0.1, -0.05) is 23.7 Å². The van der Waals surface area contributed by atoms with Crippen LogP contribution in [0.25, 0.3) is 11.3 Å². The molecule has 0 saturated heterocycles. The third-order valence-electron chi connectivity index (χ3n) is 4.57. The molecule has 124 valence electrons. The summed E-state index contributed by atoms with van der Waals surface area (Å²) >= 11 is 6.02. The van der Waals surface area contributed by atoms with Gasteiger partial charge in [-0.3, -0.25) is 0 Å². The summed E-state index contributed by atoms with van der Waals surface area (Å²) in [5, 5.41) is 0.695. The van der Waals surface area contributed by atoms with Crippen molar-refractivity contribution in [3.8, 4) is 11.3 Å². The zero-order valence-corrected chi connectivity index (χ0v) is 14.2. The van der Waals surface area contributed by atoms with Crippen LogP contribution in [0.4, 0.5) is 4.79 Å². The normalized spacial score (nSPS) is 16.7. The predicted molar refractivity (Wildman–Crippen MR) is 91.0 cm³/mol. The largest absolute Gasteiger partial charge is 0.453 e. The Labute approximate surface area is 145 Å². The molecule has 0 unspecified atom stereocenters. The van der Waals surface area contributed by atoms with Gasteiger partial charge in [0, 0.05) is 35.0 Å². The highest BCUT2D eigenvalue weighted by Gasteiger charge is 2.31. The molecule has 4 rings (SSSR count). The molecule has 1 fully saturated rings. The standard InChI is InChI=1S/C18H18ClN3O2/c1-24-18(23)22-9-8-15-14(10-22)16(11-4-6-13(19)7-5-11)21-17(20-15)12-2-3-12/h4-7,12H,2-3,8-10H2,1H3. The Kier molecular flexibility index (Phi) is 3.88. The van der Waals surface area contributed by atoms with Crippen molar-refractivity contribution in [2.75, 3.05) is 13.7 Å². The molecule has 1 aliphatic carbocycles. The number of carbonyl (C=O) groups is 1. The second kappa shape index (κ2) is 6.06. The summed E-state index contributed by atoms with van der Waals surface area (Å²) in [6.45, 7) is 1.10. The number of halogens is 1. The van der Waals surface area contributed by atoms with Crippen LogP contribution in [0.2, 0.25) is 5.02 Å². The molecule has 0 spiro atoms. The van der Waals surface area contributed by atoms with E-state index in [1.165, 1.54) is 7.11 Å². The first kappa shape index (κ1) is 15.4. The van der Waals surface area contributed by atoms with E-state index in [2.05, 4.69) is 0 Å². The van der Waals surface area contributed by atoms with E-state index < -0.39 is 0 Å². The number of rotatable bonds is 2. The van der Waals surface area contributed by atoms with Gasteiger partial charge in [0.05, 0.1) is 25.0 Å². The van der Waals surface area contributed by atoms with Crippen molar-refractivity contribution in [1.82, 2.24) is 14.9 Å². The third-order valence-corrected chi connectivity index (χ3v) is 4.82. The van der Waals surface area contributed by atoms with Gasteiger partial charge >= 0.3 is 6.09 Å². The monoisotopic (exact) mass is 343 g/mol. The van der Waals surface area contributed by atoms with Crippen molar-refractivity contribution in [2.24, 2.45) is 0 Å². The molecule has 2 aromatic rings. The zero-order valence-electron chi connectivity index (χ0n) is 13.5. The van der Waals surface area contributed by atoms with Crippen LogP contribution in [0, 0.1) is 0 Å². The minimum absolute atomic E-state index is 0.311. The number of fused-ring (bicyclic) bond motifs is 1. The van der Waals surface area contributed by atoms with Crippen LogP contribution in [0.15, 0.2) is 24.3 Å². The number of methoxy groups -OCH3 is 1. The van der Waals surface area contributed by atoms with Crippen LogP contribution in [-0.4, -0.2) is 34.6 Å². The Morgan fingerprint density at radius 3 is 2.67 bits per heavy atom. The highest BCUT2D eigenvalue weighted by atomic mass is 35.5. The Bertz CT molecular complexity index is 788. The van der Waals surface area contributed by atoms with Crippen LogP contribution >= 0.6 is 11.6 Å². The molecule has 1 amide bonds. The van der Waals surface area contributed by atoms with Crippen LogP contribution in [-0.2, 0) is 17.7 Å². The lowest BCUT2D eigenvalue weighted by Gasteiger charge is -2.28. The van der Waals surface area contributed by atoms with E-state index in [0.29, 0.717) is 24.0 Å². The smallest absolute Gasteiger partial charge is 0.409 e. The lowest BCUT2D eigenvalue weighted by Crippen LogP contribution is -2.37. The van der Waals surface area contributed by atoms with Gasteiger partial charge in [0.2, 0.25) is 0 Å². The van der Waals surface area contributed by atoms with Crippen LogP contribution in [0.1, 0.15) is 35.8 Å². The molecule has 6 heteroatoms. The molecular formula is C18H18ClN3O2. The van der Waals surface area contributed by atoms with Gasteiger partial charge in [0.1, 0.15) is 5.82 Å². The molecule has 1 aliphatic heterocycles. The number of carbonyl (C=O) groups excluding carboxylic acids is 1. The van der Waals surface area contributed by atoms with Gasteiger partial charge in [-0.15, -0.1) is 0 Å². The number of amides is 1. The molecule has 5 nitrogen and oxygen atoms in total. The lowest BCUT2D eigenvalue weighted by atomic mass is 9.99. The fraction of sp³-hybridized carbons (Fsp3) is 0.389. The number of hydrogen-bond acceptors (Lipinski definition) is 4. The van der Waals surface area contributed by atoms with E-state index in [1.807, 2.05) is 24.3 Å². The number of benzene rings is 1. The predicted octanol–water partition coefficient (Wildman–Crippen LogP) is 3.80. The topological polar surface area (TPSA) is 55.3 Å². The van der Waals surface area contributed by atoms with E-state index in [0.717, 1.165) is 47.6 Å². The summed E-state index contributed by atoms with van der Waals surface area (Å²) < 4.78 is 4.87. The van der Waals surface area contributed by atoms with Crippen LogP contribution < -0.4 is 0 Å². The van der Waals surface area contributed by atoms with Crippen LogP contribution in [0.3, 0.4) is 0 Å². The van der Waals surface area contributed by atoms with Crippen molar-refractivity contribution in [1.29, 1.82) is 0 Å².